The number of unbranched alkanes of at least 4 members (excludes halogenated alkanes) is 1. The fraction of sp³-hybridized carbons (Fsp3) is 0.551. The van der Waals surface area contributed by atoms with E-state index in [0.717, 1.165) is 76.0 Å². The van der Waals surface area contributed by atoms with Crippen molar-refractivity contribution in [1.82, 2.24) is 0 Å². The second kappa shape index (κ2) is 35.4. The van der Waals surface area contributed by atoms with Crippen LogP contribution in [0.3, 0.4) is 0 Å². The normalized spacial score (nSPS) is 23.8. The topological polar surface area (TPSA) is 114 Å². The van der Waals surface area contributed by atoms with Crippen LogP contribution in [0.2, 0.25) is 36.3 Å². The van der Waals surface area contributed by atoms with Gasteiger partial charge >= 0.3 is 57.4 Å². The van der Waals surface area contributed by atoms with Crippen LogP contribution >= 0.6 is 22.8 Å². The molecule has 1 N–H and O–H groups in total. The number of carbonyl (C=O) groups is 2. The number of esters is 1. The molecular formula is C78H107BrF2KO8PSi2. The average molecular weight is 1420 g/mol. The van der Waals surface area contributed by atoms with Gasteiger partial charge in [0.25, 0.3) is 0 Å². The number of alkyl halides is 3. The number of aliphatic hydroxyl groups is 1. The number of ether oxygens (including phenoxy) is 2. The van der Waals surface area contributed by atoms with Crippen molar-refractivity contribution in [2.45, 2.75) is 231 Å². The summed E-state index contributed by atoms with van der Waals surface area (Å²) in [5, 5.41) is 25.8. The fourth-order valence-electron chi connectivity index (χ4n) is 14.7. The first-order valence-electron chi connectivity index (χ1n) is 34.3. The van der Waals surface area contributed by atoms with Gasteiger partial charge in [0.1, 0.15) is 18.4 Å². The van der Waals surface area contributed by atoms with Crippen LogP contribution in [0.4, 0.5) is 8.78 Å². The Morgan fingerprint density at radius 2 is 1.05 bits per heavy atom. The molecule has 0 spiro atoms. The minimum Gasteiger partial charge on any atom is -0.550 e. The molecule has 0 amide bonds. The van der Waals surface area contributed by atoms with Crippen LogP contribution < -0.4 is 72.4 Å². The van der Waals surface area contributed by atoms with E-state index < -0.39 is 48.1 Å². The maximum absolute atomic E-state index is 15.5. The van der Waals surface area contributed by atoms with Gasteiger partial charge in [-0.25, -0.2) is 8.78 Å². The second-order valence-corrected chi connectivity index (χ2v) is 43.6. The SMILES string of the molecule is CC(=O)O[C@H]1C[C@H](F)C(CC[C@@H](O[Si](C)(C)C(C)(C)C)C2Cc3ccccc3C2)[C@H]1C/C=C\CCCBr.CC(C)(C)[Si](C)(C)OC(CC[C@@H]1C2CC(O)OC2C[C@@H]1F)C1Cc2ccccc2C1.O=C([O-])CCC=P(c1ccccc1)(c1ccccc1)c1ccccc1.[K+]. The summed E-state index contributed by atoms with van der Waals surface area (Å²) >= 11 is 3.48. The minimum atomic E-state index is -2.03. The molecule has 1 heterocycles. The van der Waals surface area contributed by atoms with Gasteiger partial charge in [-0.2, -0.15) is 0 Å². The van der Waals surface area contributed by atoms with Crippen molar-refractivity contribution in [3.05, 3.63) is 174 Å². The molecule has 0 radical (unpaired) electrons. The molecule has 5 aliphatic rings. The zero-order chi connectivity index (χ0) is 66.4. The van der Waals surface area contributed by atoms with Crippen LogP contribution in [0.25, 0.3) is 0 Å². The number of hydrogen-bond donors (Lipinski definition) is 1. The number of aliphatic carboxylic acids is 1. The molecule has 1 saturated heterocycles. The third kappa shape index (κ3) is 20.7. The summed E-state index contributed by atoms with van der Waals surface area (Å²) in [4.78, 5) is 22.8. The van der Waals surface area contributed by atoms with Crippen LogP contribution in [-0.2, 0) is 53.6 Å². The van der Waals surface area contributed by atoms with Gasteiger partial charge in [-0.15, -0.1) is 0 Å². The quantitative estimate of drug-likeness (QED) is 0.0162. The second-order valence-electron chi connectivity index (χ2n) is 29.9. The third-order valence-electron chi connectivity index (χ3n) is 21.6. The predicted octanol–water partition coefficient (Wildman–Crippen LogP) is 13.6. The monoisotopic (exact) mass is 1410 g/mol. The number of benzene rings is 5. The molecule has 5 unspecified atom stereocenters. The maximum Gasteiger partial charge on any atom is 1.00 e. The van der Waals surface area contributed by atoms with Gasteiger partial charge in [-0.3, -0.25) is 4.79 Å². The van der Waals surface area contributed by atoms with Crippen molar-refractivity contribution in [3.8, 4) is 0 Å². The Bertz CT molecular complexity index is 3060. The van der Waals surface area contributed by atoms with E-state index >= 15 is 4.39 Å². The van der Waals surface area contributed by atoms with Crippen molar-refractivity contribution >= 4 is 73.1 Å². The first-order chi connectivity index (χ1) is 43.7. The molecule has 5 aromatic carbocycles. The molecule has 93 heavy (non-hydrogen) atoms. The number of carboxylic acids is 1. The van der Waals surface area contributed by atoms with E-state index in [4.69, 9.17) is 18.3 Å². The van der Waals surface area contributed by atoms with E-state index in [2.05, 4.69) is 187 Å². The van der Waals surface area contributed by atoms with Gasteiger partial charge in [0.05, 0.1) is 6.10 Å². The molecule has 5 aromatic rings. The number of carboxylic acid groups (broad SMARTS) is 1. The first-order valence-corrected chi connectivity index (χ1v) is 43.1. The zero-order valence-electron chi connectivity index (χ0n) is 57.9. The van der Waals surface area contributed by atoms with Crippen LogP contribution in [0, 0.1) is 35.5 Å². The molecule has 10 rings (SSSR count). The molecule has 0 aromatic heterocycles. The largest absolute Gasteiger partial charge is 1.00 e. The van der Waals surface area contributed by atoms with Crippen molar-refractivity contribution in [3.63, 3.8) is 0 Å². The number of halogens is 3. The molecule has 1 aliphatic heterocycles. The van der Waals surface area contributed by atoms with Crippen LogP contribution in [0.15, 0.2) is 152 Å². The first kappa shape index (κ1) is 77.7. The molecule has 15 heteroatoms. The van der Waals surface area contributed by atoms with E-state index in [1.54, 1.807) is 0 Å². The van der Waals surface area contributed by atoms with Crippen molar-refractivity contribution in [1.29, 1.82) is 0 Å². The van der Waals surface area contributed by atoms with E-state index in [1.165, 1.54) is 45.1 Å². The fourth-order valence-corrected chi connectivity index (χ4v) is 21.8. The summed E-state index contributed by atoms with van der Waals surface area (Å²) in [5.41, 5.74) is 5.76. The molecule has 2 saturated carbocycles. The molecular weight excluding hydrogens is 1310 g/mol. The number of aliphatic hydroxyl groups excluding tert-OH is 1. The molecule has 8 nitrogen and oxygen atoms in total. The van der Waals surface area contributed by atoms with E-state index in [1.807, 2.05) is 54.6 Å². The minimum absolute atomic E-state index is 0. The van der Waals surface area contributed by atoms with Crippen LogP contribution in [-0.4, -0.2) is 87.9 Å². The van der Waals surface area contributed by atoms with E-state index in [9.17, 15) is 24.2 Å². The van der Waals surface area contributed by atoms with E-state index in [-0.39, 0.29) is 122 Å². The van der Waals surface area contributed by atoms with Gasteiger partial charge in [0, 0.05) is 55.6 Å². The van der Waals surface area contributed by atoms with Crippen molar-refractivity contribution in [2.24, 2.45) is 35.5 Å². The summed E-state index contributed by atoms with van der Waals surface area (Å²) in [5.74, 6) is 1.84. The molecule has 3 fully saturated rings. The summed E-state index contributed by atoms with van der Waals surface area (Å²) in [6.07, 6.45) is 14.0. The Morgan fingerprint density at radius 3 is 1.46 bits per heavy atom. The maximum atomic E-state index is 15.5. The standard InChI is InChI=1S/C31H48BrFO3Si.C25H39FO3Si.C22H21O2P.K/c1-22(34)35-30-21-28(33)26(27(30)15-9-7-8-12-18-32)16-17-29(36-37(5,6)31(2,3)4)25-19-23-13-10-11-14-24(23)20-25;1-25(2,3)30(4,5)29-22(18-12-16-8-6-7-9-17(16)13-18)11-10-19-20-14-24(27)28-23(20)15-21(19)26;23-22(24)17-10-18-25(19-11-4-1-5-12-19,20-13-6-2-7-14-20)21-15-8-3-9-16-21;/h7,9-11,13-14,25-30H,8,12,15-21H2,1-6H3;6-9,18-24,27H,10-15H2,1-5H3;1-9,11-16,18H,10,17H2,(H,23,24);/q;;;+1/p-1/b9-7-;;;/t26?,27-,28+,29-,30+;19-,20?,21+,22?,23?,24?;;/m11../s1. The van der Waals surface area contributed by atoms with E-state index in [0.29, 0.717) is 37.5 Å². The number of rotatable bonds is 24. The Hall–Kier alpha value is -2.67. The Balaban J connectivity index is 0.000000200. The third-order valence-corrected chi connectivity index (χ3v) is 35.3. The molecule has 11 atom stereocenters. The predicted molar refractivity (Wildman–Crippen MR) is 384 cm³/mol. The smallest absolute Gasteiger partial charge is 0.550 e. The van der Waals surface area contributed by atoms with Crippen molar-refractivity contribution in [2.75, 3.05) is 5.33 Å². The van der Waals surface area contributed by atoms with Crippen LogP contribution in [0.1, 0.15) is 148 Å². The van der Waals surface area contributed by atoms with Crippen LogP contribution in [0.5, 0.6) is 0 Å². The van der Waals surface area contributed by atoms with Gasteiger partial charge in [-0.1, -0.05) is 215 Å². The summed E-state index contributed by atoms with van der Waals surface area (Å²) in [6.45, 7) is 22.4. The van der Waals surface area contributed by atoms with Gasteiger partial charge in [0.15, 0.2) is 22.9 Å². The van der Waals surface area contributed by atoms with Crippen molar-refractivity contribution < 1.29 is 98.3 Å². The molecule has 0 bridgehead atoms. The van der Waals surface area contributed by atoms with Gasteiger partial charge in [-0.05, 0) is 194 Å². The number of hydrogen-bond acceptors (Lipinski definition) is 8. The Morgan fingerprint density at radius 1 is 0.634 bits per heavy atom. The summed E-state index contributed by atoms with van der Waals surface area (Å²) < 4.78 is 55.5. The summed E-state index contributed by atoms with van der Waals surface area (Å²) in [6, 6.07) is 48.6. The number of allylic oxidation sites excluding steroid dienone is 2. The number of fused-ring (bicyclic) bond motifs is 3. The average Bonchev–Trinajstić information content (AvgIpc) is 1.70. The summed E-state index contributed by atoms with van der Waals surface area (Å²) in [7, 11) is -3.93. The van der Waals surface area contributed by atoms with Gasteiger partial charge in [0.2, 0.25) is 0 Å². The van der Waals surface area contributed by atoms with Gasteiger partial charge < -0.3 is 33.3 Å². The molecule has 502 valence electrons. The number of carbonyl (C=O) groups excluding carboxylic acids is 2. The molecule has 4 aliphatic carbocycles. The zero-order valence-corrected chi connectivity index (χ0v) is 65.5. The Kier molecular flexibility index (Phi) is 29.6. The Labute approximate surface area is 610 Å².